The number of carbonyl (C=O) groups is 2. The summed E-state index contributed by atoms with van der Waals surface area (Å²) in [6.45, 7) is 1.64. The molecule has 0 unspecified atom stereocenters. The molecule has 0 radical (unpaired) electrons. The molecule has 33 heavy (non-hydrogen) atoms. The average Bonchev–Trinajstić information content (AvgIpc) is 3.19. The van der Waals surface area contributed by atoms with Gasteiger partial charge in [-0.15, -0.1) is 5.10 Å². The van der Waals surface area contributed by atoms with E-state index in [0.717, 1.165) is 0 Å². The number of ketones is 1. The quantitative estimate of drug-likeness (QED) is 0.183. The van der Waals surface area contributed by atoms with E-state index >= 15 is 0 Å². The highest BCUT2D eigenvalue weighted by Crippen LogP contribution is 2.30. The van der Waals surface area contributed by atoms with Gasteiger partial charge in [-0.2, -0.15) is 5.10 Å². The molecule has 1 heterocycles. The Morgan fingerprint density at radius 3 is 2.09 bits per heavy atom. The van der Waals surface area contributed by atoms with E-state index in [4.69, 9.17) is 4.74 Å². The standard InChI is InChI=1S/C25H17N3O5/c1-16(17-12-14-20(15-13-17)28(31)32)26-27-22-21(23(29)18-8-4-2-5-9-18)24(33-25(22)30)19-10-6-3-7-11-19/h2-15H,1H3/b26-16+,27-22-. The summed E-state index contributed by atoms with van der Waals surface area (Å²) >= 11 is 0. The van der Waals surface area contributed by atoms with Gasteiger partial charge in [0.15, 0.2) is 17.3 Å². The number of hydrogen-bond acceptors (Lipinski definition) is 7. The second-order valence-electron chi connectivity index (χ2n) is 7.09. The molecule has 0 aliphatic carbocycles. The van der Waals surface area contributed by atoms with Crippen LogP contribution < -0.4 is 0 Å². The monoisotopic (exact) mass is 439 g/mol. The second kappa shape index (κ2) is 9.19. The van der Waals surface area contributed by atoms with Crippen molar-refractivity contribution in [2.45, 2.75) is 6.92 Å². The maximum Gasteiger partial charge on any atom is 0.365 e. The number of ether oxygens (including phenoxy) is 1. The largest absolute Gasteiger partial charge is 0.420 e. The highest BCUT2D eigenvalue weighted by Gasteiger charge is 2.37. The van der Waals surface area contributed by atoms with Crippen LogP contribution in [0.1, 0.15) is 28.4 Å². The van der Waals surface area contributed by atoms with Gasteiger partial charge in [-0.25, -0.2) is 4.79 Å². The number of cyclic esters (lactones) is 1. The molecule has 0 N–H and O–H groups in total. The van der Waals surface area contributed by atoms with E-state index in [-0.39, 0.29) is 22.7 Å². The van der Waals surface area contributed by atoms with Gasteiger partial charge in [-0.3, -0.25) is 14.9 Å². The van der Waals surface area contributed by atoms with Gasteiger partial charge in [0.1, 0.15) is 5.57 Å². The van der Waals surface area contributed by atoms with Gasteiger partial charge in [-0.1, -0.05) is 60.7 Å². The number of hydrogen-bond donors (Lipinski definition) is 0. The fourth-order valence-electron chi connectivity index (χ4n) is 3.24. The zero-order chi connectivity index (χ0) is 23.4. The van der Waals surface area contributed by atoms with Crippen molar-refractivity contribution in [2.75, 3.05) is 0 Å². The van der Waals surface area contributed by atoms with E-state index in [9.17, 15) is 19.7 Å². The van der Waals surface area contributed by atoms with Crippen LogP contribution in [-0.2, 0) is 9.53 Å². The summed E-state index contributed by atoms with van der Waals surface area (Å²) in [6, 6.07) is 23.1. The summed E-state index contributed by atoms with van der Waals surface area (Å²) in [5.41, 5.74) is 1.70. The molecule has 8 heteroatoms. The number of rotatable bonds is 6. The van der Waals surface area contributed by atoms with Gasteiger partial charge in [0.05, 0.1) is 10.6 Å². The number of benzene rings is 3. The van der Waals surface area contributed by atoms with Crippen LogP contribution in [0.15, 0.2) is 101 Å². The molecule has 0 aromatic heterocycles. The van der Waals surface area contributed by atoms with Crippen molar-refractivity contribution >= 4 is 34.6 Å². The Hall–Kier alpha value is -4.72. The Morgan fingerprint density at radius 1 is 0.879 bits per heavy atom. The molecule has 4 rings (SSSR count). The average molecular weight is 439 g/mol. The van der Waals surface area contributed by atoms with Gasteiger partial charge in [0.2, 0.25) is 0 Å². The first-order valence-electron chi connectivity index (χ1n) is 9.95. The molecule has 1 aliphatic heterocycles. The topological polar surface area (TPSA) is 111 Å². The number of Topliss-reactive ketones (excluding diaryl/α,β-unsaturated/α-hetero) is 1. The normalized spacial score (nSPS) is 15.0. The second-order valence-corrected chi connectivity index (χ2v) is 7.09. The smallest absolute Gasteiger partial charge is 0.365 e. The van der Waals surface area contributed by atoms with Crippen molar-refractivity contribution in [3.05, 3.63) is 117 Å². The molecule has 8 nitrogen and oxygen atoms in total. The lowest BCUT2D eigenvalue weighted by atomic mass is 9.97. The summed E-state index contributed by atoms with van der Waals surface area (Å²) in [7, 11) is 0. The molecular formula is C25H17N3O5. The molecule has 3 aromatic rings. The Balaban J connectivity index is 1.78. The van der Waals surface area contributed by atoms with Crippen molar-refractivity contribution in [3.8, 4) is 0 Å². The number of non-ortho nitro benzene ring substituents is 1. The number of nitro benzene ring substituents is 1. The number of esters is 1. The summed E-state index contributed by atoms with van der Waals surface area (Å²) in [4.78, 5) is 36.4. The predicted molar refractivity (Wildman–Crippen MR) is 123 cm³/mol. The fraction of sp³-hybridized carbons (Fsp3) is 0.0400. The Labute approximate surface area is 188 Å². The van der Waals surface area contributed by atoms with Gasteiger partial charge in [0.25, 0.3) is 5.69 Å². The minimum atomic E-state index is -0.784. The van der Waals surface area contributed by atoms with Crippen molar-refractivity contribution in [1.82, 2.24) is 0 Å². The van der Waals surface area contributed by atoms with E-state index in [0.29, 0.717) is 22.4 Å². The van der Waals surface area contributed by atoms with E-state index in [1.54, 1.807) is 61.5 Å². The fourth-order valence-corrected chi connectivity index (χ4v) is 3.24. The molecule has 0 fully saturated rings. The molecule has 0 spiro atoms. The minimum Gasteiger partial charge on any atom is -0.420 e. The van der Waals surface area contributed by atoms with Crippen LogP contribution in [0.3, 0.4) is 0 Å². The van der Waals surface area contributed by atoms with Crippen LogP contribution in [-0.4, -0.2) is 28.1 Å². The van der Waals surface area contributed by atoms with Crippen molar-refractivity contribution in [2.24, 2.45) is 10.2 Å². The van der Waals surface area contributed by atoms with E-state index in [1.165, 1.54) is 24.3 Å². The van der Waals surface area contributed by atoms with Gasteiger partial charge in [0, 0.05) is 23.3 Å². The van der Waals surface area contributed by atoms with Crippen LogP contribution in [0, 0.1) is 10.1 Å². The Morgan fingerprint density at radius 2 is 1.48 bits per heavy atom. The summed E-state index contributed by atoms with van der Waals surface area (Å²) in [5.74, 6) is -1.08. The number of nitro groups is 1. The van der Waals surface area contributed by atoms with Crippen LogP contribution in [0.25, 0.3) is 5.76 Å². The summed E-state index contributed by atoms with van der Waals surface area (Å²) in [6.07, 6.45) is 0. The maximum atomic E-state index is 13.3. The SMILES string of the molecule is C/C(=N\N=C1/C(=O)OC(c2ccccc2)=C1C(=O)c1ccccc1)c1ccc([N+](=O)[O-])cc1. The third-order valence-corrected chi connectivity index (χ3v) is 4.95. The molecule has 0 saturated carbocycles. The number of nitrogens with zero attached hydrogens (tertiary/aromatic N) is 3. The maximum absolute atomic E-state index is 13.3. The van der Waals surface area contributed by atoms with Crippen LogP contribution in [0.2, 0.25) is 0 Å². The molecule has 0 bridgehead atoms. The van der Waals surface area contributed by atoms with Gasteiger partial charge < -0.3 is 4.74 Å². The first kappa shape index (κ1) is 21.5. The van der Waals surface area contributed by atoms with E-state index < -0.39 is 16.7 Å². The van der Waals surface area contributed by atoms with Gasteiger partial charge >= 0.3 is 5.97 Å². The molecule has 3 aromatic carbocycles. The summed E-state index contributed by atoms with van der Waals surface area (Å²) < 4.78 is 5.44. The van der Waals surface area contributed by atoms with Crippen LogP contribution in [0.4, 0.5) is 5.69 Å². The third kappa shape index (κ3) is 4.49. The molecule has 0 saturated heterocycles. The van der Waals surface area contributed by atoms with Crippen LogP contribution in [0.5, 0.6) is 0 Å². The van der Waals surface area contributed by atoms with E-state index in [2.05, 4.69) is 10.2 Å². The Kier molecular flexibility index (Phi) is 5.99. The van der Waals surface area contributed by atoms with Crippen molar-refractivity contribution in [3.63, 3.8) is 0 Å². The first-order chi connectivity index (χ1) is 16.0. The molecule has 0 atom stereocenters. The lowest BCUT2D eigenvalue weighted by Gasteiger charge is -2.05. The first-order valence-corrected chi connectivity index (χ1v) is 9.95. The summed E-state index contributed by atoms with van der Waals surface area (Å²) in [5, 5.41) is 19.0. The van der Waals surface area contributed by atoms with Crippen molar-refractivity contribution < 1.29 is 19.2 Å². The van der Waals surface area contributed by atoms with Gasteiger partial charge in [-0.05, 0) is 24.6 Å². The lowest BCUT2D eigenvalue weighted by Crippen LogP contribution is -2.16. The highest BCUT2D eigenvalue weighted by atomic mass is 16.6. The molecule has 162 valence electrons. The predicted octanol–water partition coefficient (Wildman–Crippen LogP) is 4.61. The minimum absolute atomic E-state index is 0.0256. The molecule has 0 amide bonds. The zero-order valence-electron chi connectivity index (χ0n) is 17.5. The molecular weight excluding hydrogens is 422 g/mol. The van der Waals surface area contributed by atoms with Crippen LogP contribution >= 0.6 is 0 Å². The van der Waals surface area contributed by atoms with Crippen molar-refractivity contribution in [1.29, 1.82) is 0 Å². The highest BCUT2D eigenvalue weighted by molar-refractivity contribution is 6.56. The lowest BCUT2D eigenvalue weighted by molar-refractivity contribution is -0.384. The van der Waals surface area contributed by atoms with E-state index in [1.807, 2.05) is 6.07 Å². The zero-order valence-corrected chi connectivity index (χ0v) is 17.5. The third-order valence-electron chi connectivity index (χ3n) is 4.95. The molecule has 1 aliphatic rings. The Bertz CT molecular complexity index is 1330. The number of carbonyl (C=O) groups excluding carboxylic acids is 2.